The zero-order valence-corrected chi connectivity index (χ0v) is 14.4. The predicted octanol–water partition coefficient (Wildman–Crippen LogP) is 2.59. The van der Waals surface area contributed by atoms with E-state index >= 15 is 0 Å². The first-order valence-electron chi connectivity index (χ1n) is 7.86. The number of hydrogen-bond donors (Lipinski definition) is 1. The Bertz CT molecular complexity index is 878. The molecule has 0 aliphatic heterocycles. The van der Waals surface area contributed by atoms with Crippen molar-refractivity contribution in [3.8, 4) is 0 Å². The fourth-order valence-electron chi connectivity index (χ4n) is 2.47. The fraction of sp³-hybridized carbons (Fsp3) is 0.333. The van der Waals surface area contributed by atoms with Gasteiger partial charge in [0, 0.05) is 37.1 Å². The first kappa shape index (κ1) is 16.1. The number of aryl methyl sites for hydroxylation is 1. The van der Waals surface area contributed by atoms with Gasteiger partial charge in [-0.25, -0.2) is 4.98 Å². The molecular weight excluding hydrogens is 302 g/mol. The van der Waals surface area contributed by atoms with Gasteiger partial charge in [0.25, 0.3) is 5.91 Å². The number of hydrogen-bond acceptors (Lipinski definition) is 4. The highest BCUT2D eigenvalue weighted by atomic mass is 16.1. The Morgan fingerprint density at radius 3 is 2.75 bits per heavy atom. The summed E-state index contributed by atoms with van der Waals surface area (Å²) in [6.07, 6.45) is 5.14. The average molecular weight is 323 g/mol. The van der Waals surface area contributed by atoms with Gasteiger partial charge >= 0.3 is 0 Å². The summed E-state index contributed by atoms with van der Waals surface area (Å²) in [7, 11) is 1.83. The molecule has 6 heteroatoms. The molecule has 0 aliphatic carbocycles. The number of pyridine rings is 2. The summed E-state index contributed by atoms with van der Waals surface area (Å²) >= 11 is 0. The van der Waals surface area contributed by atoms with Crippen molar-refractivity contribution >= 4 is 16.9 Å². The Kier molecular flexibility index (Phi) is 4.05. The molecule has 6 nitrogen and oxygen atoms in total. The molecule has 0 atom stereocenters. The first-order valence-corrected chi connectivity index (χ1v) is 7.86. The van der Waals surface area contributed by atoms with Gasteiger partial charge in [0.15, 0.2) is 5.65 Å². The van der Waals surface area contributed by atoms with E-state index in [-0.39, 0.29) is 11.3 Å². The van der Waals surface area contributed by atoms with Crippen LogP contribution in [0.1, 0.15) is 42.4 Å². The molecule has 3 heterocycles. The third-order valence-electron chi connectivity index (χ3n) is 3.89. The van der Waals surface area contributed by atoms with Crippen LogP contribution in [-0.2, 0) is 19.0 Å². The smallest absolute Gasteiger partial charge is 0.252 e. The van der Waals surface area contributed by atoms with E-state index in [1.807, 2.05) is 25.2 Å². The SMILES string of the molecule is Cn1ncc2c(C(=O)NCc3cccnc3)cc(C(C)(C)C)nc21. The van der Waals surface area contributed by atoms with Gasteiger partial charge in [-0.3, -0.25) is 14.5 Å². The van der Waals surface area contributed by atoms with Crippen LogP contribution in [0.15, 0.2) is 36.8 Å². The van der Waals surface area contributed by atoms with Gasteiger partial charge < -0.3 is 5.32 Å². The molecule has 1 amide bonds. The molecule has 0 radical (unpaired) electrons. The quantitative estimate of drug-likeness (QED) is 0.804. The largest absolute Gasteiger partial charge is 0.348 e. The Hall–Kier alpha value is -2.76. The number of aromatic nitrogens is 4. The highest BCUT2D eigenvalue weighted by molar-refractivity contribution is 6.05. The third kappa shape index (κ3) is 3.13. The molecular formula is C18H21N5O. The van der Waals surface area contributed by atoms with Crippen molar-refractivity contribution in [1.82, 2.24) is 25.1 Å². The van der Waals surface area contributed by atoms with Crippen molar-refractivity contribution in [2.45, 2.75) is 32.7 Å². The van der Waals surface area contributed by atoms with E-state index in [1.54, 1.807) is 23.3 Å². The normalized spacial score (nSPS) is 11.7. The van der Waals surface area contributed by atoms with Gasteiger partial charge in [-0.15, -0.1) is 0 Å². The molecule has 0 unspecified atom stereocenters. The minimum atomic E-state index is -0.156. The van der Waals surface area contributed by atoms with Gasteiger partial charge in [0.05, 0.1) is 17.1 Å². The van der Waals surface area contributed by atoms with E-state index in [0.717, 1.165) is 16.6 Å². The average Bonchev–Trinajstić information content (AvgIpc) is 2.93. The lowest BCUT2D eigenvalue weighted by atomic mass is 9.90. The number of carbonyl (C=O) groups is 1. The second-order valence-corrected chi connectivity index (χ2v) is 6.85. The molecule has 0 spiro atoms. The van der Waals surface area contributed by atoms with Crippen LogP contribution in [-0.4, -0.2) is 25.7 Å². The lowest BCUT2D eigenvalue weighted by Gasteiger charge is -2.19. The molecule has 3 aromatic heterocycles. The first-order chi connectivity index (χ1) is 11.4. The summed E-state index contributed by atoms with van der Waals surface area (Å²) in [6, 6.07) is 5.65. The van der Waals surface area contributed by atoms with E-state index in [2.05, 4.69) is 41.2 Å². The molecule has 0 aromatic carbocycles. The second-order valence-electron chi connectivity index (χ2n) is 6.85. The van der Waals surface area contributed by atoms with E-state index in [1.165, 1.54) is 0 Å². The van der Waals surface area contributed by atoms with Gasteiger partial charge in [-0.05, 0) is 17.7 Å². The van der Waals surface area contributed by atoms with Crippen molar-refractivity contribution < 1.29 is 4.79 Å². The zero-order chi connectivity index (χ0) is 17.3. The Balaban J connectivity index is 1.96. The van der Waals surface area contributed by atoms with Crippen LogP contribution in [0.5, 0.6) is 0 Å². The minimum Gasteiger partial charge on any atom is -0.348 e. The van der Waals surface area contributed by atoms with Crippen molar-refractivity contribution in [2.24, 2.45) is 7.05 Å². The predicted molar refractivity (Wildman–Crippen MR) is 92.6 cm³/mol. The van der Waals surface area contributed by atoms with Gasteiger partial charge in [-0.2, -0.15) is 5.10 Å². The number of fused-ring (bicyclic) bond motifs is 1. The molecule has 0 fully saturated rings. The minimum absolute atomic E-state index is 0.134. The zero-order valence-electron chi connectivity index (χ0n) is 14.4. The molecule has 24 heavy (non-hydrogen) atoms. The number of rotatable bonds is 3. The summed E-state index contributed by atoms with van der Waals surface area (Å²) in [5.74, 6) is -0.134. The van der Waals surface area contributed by atoms with Crippen LogP contribution in [0, 0.1) is 0 Å². The standard InChI is InChI=1S/C18H21N5O/c1-18(2,3)15-8-13(14-11-21-23(4)16(14)22-15)17(24)20-10-12-6-5-7-19-9-12/h5-9,11H,10H2,1-4H3,(H,20,24). The third-order valence-corrected chi connectivity index (χ3v) is 3.89. The van der Waals surface area contributed by atoms with Crippen LogP contribution in [0.2, 0.25) is 0 Å². The highest BCUT2D eigenvalue weighted by Crippen LogP contribution is 2.26. The summed E-state index contributed by atoms with van der Waals surface area (Å²) in [5.41, 5.74) is 2.98. The number of nitrogens with zero attached hydrogens (tertiary/aromatic N) is 4. The second kappa shape index (κ2) is 6.03. The maximum Gasteiger partial charge on any atom is 0.252 e. The molecule has 0 bridgehead atoms. The van der Waals surface area contributed by atoms with Crippen LogP contribution in [0.3, 0.4) is 0 Å². The number of nitrogens with one attached hydrogen (secondary N) is 1. The molecule has 0 saturated heterocycles. The Morgan fingerprint density at radius 2 is 2.08 bits per heavy atom. The molecule has 0 aliphatic rings. The number of carbonyl (C=O) groups excluding carboxylic acids is 1. The lowest BCUT2D eigenvalue weighted by Crippen LogP contribution is -2.24. The van der Waals surface area contributed by atoms with Crippen molar-refractivity contribution in [1.29, 1.82) is 0 Å². The maximum absolute atomic E-state index is 12.7. The van der Waals surface area contributed by atoms with Gasteiger partial charge in [0.2, 0.25) is 0 Å². The van der Waals surface area contributed by atoms with Crippen LogP contribution in [0.25, 0.3) is 11.0 Å². The van der Waals surface area contributed by atoms with Crippen LogP contribution >= 0.6 is 0 Å². The highest BCUT2D eigenvalue weighted by Gasteiger charge is 2.22. The monoisotopic (exact) mass is 323 g/mol. The van der Waals surface area contributed by atoms with E-state index < -0.39 is 0 Å². The molecule has 1 N–H and O–H groups in total. The van der Waals surface area contributed by atoms with Crippen LogP contribution < -0.4 is 5.32 Å². The maximum atomic E-state index is 12.7. The lowest BCUT2D eigenvalue weighted by molar-refractivity contribution is 0.0952. The number of amides is 1. The van der Waals surface area contributed by atoms with E-state index in [9.17, 15) is 4.79 Å². The van der Waals surface area contributed by atoms with E-state index in [4.69, 9.17) is 0 Å². The Labute approximate surface area is 140 Å². The fourth-order valence-corrected chi connectivity index (χ4v) is 2.47. The molecule has 0 saturated carbocycles. The topological polar surface area (TPSA) is 72.7 Å². The van der Waals surface area contributed by atoms with Crippen LogP contribution in [0.4, 0.5) is 0 Å². The molecule has 3 rings (SSSR count). The van der Waals surface area contributed by atoms with Crippen molar-refractivity contribution in [3.63, 3.8) is 0 Å². The summed E-state index contributed by atoms with van der Waals surface area (Å²) in [4.78, 5) is 21.5. The van der Waals surface area contributed by atoms with Gasteiger partial charge in [-0.1, -0.05) is 26.8 Å². The Morgan fingerprint density at radius 1 is 1.29 bits per heavy atom. The van der Waals surface area contributed by atoms with Crippen molar-refractivity contribution in [3.05, 3.63) is 53.6 Å². The summed E-state index contributed by atoms with van der Waals surface area (Å²) in [5, 5.41) is 7.95. The van der Waals surface area contributed by atoms with E-state index in [0.29, 0.717) is 17.8 Å². The van der Waals surface area contributed by atoms with Gasteiger partial charge in [0.1, 0.15) is 0 Å². The summed E-state index contributed by atoms with van der Waals surface area (Å²) < 4.78 is 1.70. The van der Waals surface area contributed by atoms with Crippen molar-refractivity contribution in [2.75, 3.05) is 0 Å². The summed E-state index contributed by atoms with van der Waals surface area (Å²) in [6.45, 7) is 6.67. The molecule has 124 valence electrons. The molecule has 3 aromatic rings.